The van der Waals surface area contributed by atoms with Crippen molar-refractivity contribution in [3.63, 3.8) is 0 Å². The second-order valence-electron chi connectivity index (χ2n) is 3.32. The van der Waals surface area contributed by atoms with E-state index in [9.17, 15) is 9.59 Å². The SMILES string of the molecule is CCOC(=O)C(=O)c1csc2c(Br)cccc12. The molecule has 88 valence electrons. The molecule has 0 atom stereocenters. The van der Waals surface area contributed by atoms with Crippen LogP contribution < -0.4 is 0 Å². The first-order chi connectivity index (χ1) is 8.15. The molecule has 0 saturated carbocycles. The summed E-state index contributed by atoms with van der Waals surface area (Å²) in [6, 6.07) is 5.56. The Bertz CT molecular complexity index is 588. The third-order valence-corrected chi connectivity index (χ3v) is 4.21. The number of rotatable bonds is 3. The number of carbonyl (C=O) groups is 2. The van der Waals surface area contributed by atoms with Crippen molar-refractivity contribution >= 4 is 49.1 Å². The number of fused-ring (bicyclic) bond motifs is 1. The van der Waals surface area contributed by atoms with E-state index < -0.39 is 11.8 Å². The van der Waals surface area contributed by atoms with Crippen molar-refractivity contribution in [3.05, 3.63) is 33.6 Å². The maximum Gasteiger partial charge on any atom is 0.379 e. The molecular formula is C12H9BrO3S. The molecule has 17 heavy (non-hydrogen) atoms. The predicted molar refractivity (Wildman–Crippen MR) is 70.5 cm³/mol. The summed E-state index contributed by atoms with van der Waals surface area (Å²) in [5.41, 5.74) is 0.407. The van der Waals surface area contributed by atoms with Crippen molar-refractivity contribution in [1.29, 1.82) is 0 Å². The lowest BCUT2D eigenvalue weighted by molar-refractivity contribution is -0.137. The van der Waals surface area contributed by atoms with E-state index in [-0.39, 0.29) is 6.61 Å². The van der Waals surface area contributed by atoms with Crippen molar-refractivity contribution in [2.75, 3.05) is 6.61 Å². The highest BCUT2D eigenvalue weighted by molar-refractivity contribution is 9.10. The number of hydrogen-bond donors (Lipinski definition) is 0. The van der Waals surface area contributed by atoms with Gasteiger partial charge < -0.3 is 4.74 Å². The van der Waals surface area contributed by atoms with E-state index >= 15 is 0 Å². The van der Waals surface area contributed by atoms with Crippen LogP contribution in [0.1, 0.15) is 17.3 Å². The molecule has 0 aliphatic rings. The summed E-state index contributed by atoms with van der Waals surface area (Å²) in [6.45, 7) is 1.88. The molecule has 0 spiro atoms. The van der Waals surface area contributed by atoms with Gasteiger partial charge >= 0.3 is 5.97 Å². The molecule has 1 aromatic carbocycles. The zero-order chi connectivity index (χ0) is 12.4. The number of ether oxygens (including phenoxy) is 1. The van der Waals surface area contributed by atoms with Gasteiger partial charge in [-0.1, -0.05) is 12.1 Å². The van der Waals surface area contributed by atoms with Gasteiger partial charge in [0.1, 0.15) is 0 Å². The average Bonchev–Trinajstić information content (AvgIpc) is 2.73. The van der Waals surface area contributed by atoms with E-state index in [1.807, 2.05) is 18.2 Å². The molecule has 0 amide bonds. The number of ketones is 1. The average molecular weight is 313 g/mol. The van der Waals surface area contributed by atoms with Crippen LogP contribution in [0.5, 0.6) is 0 Å². The van der Waals surface area contributed by atoms with Crippen molar-refractivity contribution in [3.8, 4) is 0 Å². The van der Waals surface area contributed by atoms with Gasteiger partial charge in [-0.15, -0.1) is 11.3 Å². The lowest BCUT2D eigenvalue weighted by atomic mass is 10.1. The maximum atomic E-state index is 11.8. The number of carbonyl (C=O) groups excluding carboxylic acids is 2. The number of halogens is 1. The van der Waals surface area contributed by atoms with Crippen molar-refractivity contribution in [1.82, 2.24) is 0 Å². The molecule has 0 radical (unpaired) electrons. The molecule has 0 saturated heterocycles. The minimum Gasteiger partial charge on any atom is -0.460 e. The minimum absolute atomic E-state index is 0.205. The Labute approximate surface area is 111 Å². The summed E-state index contributed by atoms with van der Waals surface area (Å²) in [5, 5.41) is 2.47. The second-order valence-corrected chi connectivity index (χ2v) is 5.05. The molecule has 0 aliphatic carbocycles. The van der Waals surface area contributed by atoms with E-state index in [2.05, 4.69) is 15.9 Å². The topological polar surface area (TPSA) is 43.4 Å². The van der Waals surface area contributed by atoms with Crippen LogP contribution in [0.25, 0.3) is 10.1 Å². The van der Waals surface area contributed by atoms with Crippen LogP contribution in [-0.4, -0.2) is 18.4 Å². The van der Waals surface area contributed by atoms with Gasteiger partial charge in [0.2, 0.25) is 0 Å². The Morgan fingerprint density at radius 3 is 2.88 bits per heavy atom. The van der Waals surface area contributed by atoms with Crippen LogP contribution >= 0.6 is 27.3 Å². The Balaban J connectivity index is 2.46. The Hall–Kier alpha value is -1.20. The van der Waals surface area contributed by atoms with E-state index in [4.69, 9.17) is 4.74 Å². The highest BCUT2D eigenvalue weighted by Crippen LogP contribution is 2.32. The molecule has 1 aromatic heterocycles. The van der Waals surface area contributed by atoms with Gasteiger partial charge in [-0.2, -0.15) is 0 Å². The fourth-order valence-corrected chi connectivity index (χ4v) is 3.11. The summed E-state index contributed by atoms with van der Waals surface area (Å²) < 4.78 is 6.59. The van der Waals surface area contributed by atoms with Gasteiger partial charge in [0.15, 0.2) is 0 Å². The van der Waals surface area contributed by atoms with Gasteiger partial charge in [0, 0.05) is 25.5 Å². The normalized spacial score (nSPS) is 10.5. The fraction of sp³-hybridized carbons (Fsp3) is 0.167. The largest absolute Gasteiger partial charge is 0.460 e. The van der Waals surface area contributed by atoms with Crippen molar-refractivity contribution in [2.24, 2.45) is 0 Å². The smallest absolute Gasteiger partial charge is 0.379 e. The summed E-state index contributed by atoms with van der Waals surface area (Å²) in [7, 11) is 0. The molecule has 0 fully saturated rings. The third-order valence-electron chi connectivity index (χ3n) is 2.26. The third kappa shape index (κ3) is 2.25. The summed E-state index contributed by atoms with van der Waals surface area (Å²) >= 11 is 4.84. The van der Waals surface area contributed by atoms with Gasteiger partial charge in [0.25, 0.3) is 5.78 Å². The van der Waals surface area contributed by atoms with E-state index in [0.29, 0.717) is 5.56 Å². The van der Waals surface area contributed by atoms with Crippen molar-refractivity contribution < 1.29 is 14.3 Å². The predicted octanol–water partition coefficient (Wildman–Crippen LogP) is 3.41. The highest BCUT2D eigenvalue weighted by Gasteiger charge is 2.21. The first kappa shape index (κ1) is 12.3. The number of thiophene rings is 1. The summed E-state index contributed by atoms with van der Waals surface area (Å²) in [5.74, 6) is -1.39. The molecule has 0 aliphatic heterocycles. The van der Waals surface area contributed by atoms with Crippen molar-refractivity contribution in [2.45, 2.75) is 6.92 Å². The van der Waals surface area contributed by atoms with Crippen LogP contribution in [0.3, 0.4) is 0 Å². The van der Waals surface area contributed by atoms with E-state index in [1.165, 1.54) is 11.3 Å². The highest BCUT2D eigenvalue weighted by atomic mass is 79.9. The molecule has 0 unspecified atom stereocenters. The molecule has 3 nitrogen and oxygen atoms in total. The molecule has 0 N–H and O–H groups in total. The molecule has 2 rings (SSSR count). The van der Waals surface area contributed by atoms with Crippen LogP contribution in [0.2, 0.25) is 0 Å². The van der Waals surface area contributed by atoms with Crippen LogP contribution in [-0.2, 0) is 9.53 Å². The number of hydrogen-bond acceptors (Lipinski definition) is 4. The number of esters is 1. The standard InChI is InChI=1S/C12H9BrO3S/c1-2-16-12(15)10(14)8-6-17-11-7(8)4-3-5-9(11)13/h3-6H,2H2,1H3. The second kappa shape index (κ2) is 4.98. The van der Waals surface area contributed by atoms with Gasteiger partial charge in [-0.3, -0.25) is 4.79 Å². The molecule has 2 aromatic rings. The maximum absolute atomic E-state index is 11.8. The number of Topliss-reactive ketones (excluding diaryl/α,β-unsaturated/α-hetero) is 1. The monoisotopic (exact) mass is 312 g/mol. The lowest BCUT2D eigenvalue weighted by Crippen LogP contribution is -2.16. The van der Waals surface area contributed by atoms with Gasteiger partial charge in [0.05, 0.1) is 6.61 Å². The molecular weight excluding hydrogens is 304 g/mol. The first-order valence-corrected chi connectivity index (χ1v) is 6.69. The quantitative estimate of drug-likeness (QED) is 0.495. The summed E-state index contributed by atoms with van der Waals surface area (Å²) in [6.07, 6.45) is 0. The zero-order valence-electron chi connectivity index (χ0n) is 9.03. The molecule has 5 heteroatoms. The van der Waals surface area contributed by atoms with Crippen LogP contribution in [0.4, 0.5) is 0 Å². The van der Waals surface area contributed by atoms with Gasteiger partial charge in [-0.05, 0) is 28.9 Å². The fourth-order valence-electron chi connectivity index (χ4n) is 1.50. The Morgan fingerprint density at radius 2 is 2.18 bits per heavy atom. The van der Waals surface area contributed by atoms with E-state index in [0.717, 1.165) is 14.6 Å². The summed E-state index contributed by atoms with van der Waals surface area (Å²) in [4.78, 5) is 23.2. The van der Waals surface area contributed by atoms with Gasteiger partial charge in [-0.25, -0.2) is 4.79 Å². The molecule has 1 heterocycles. The zero-order valence-corrected chi connectivity index (χ0v) is 11.4. The van der Waals surface area contributed by atoms with E-state index in [1.54, 1.807) is 12.3 Å². The number of benzene rings is 1. The molecule has 0 bridgehead atoms. The lowest BCUT2D eigenvalue weighted by Gasteiger charge is -2.00. The van der Waals surface area contributed by atoms with Crippen LogP contribution in [0.15, 0.2) is 28.1 Å². The Kier molecular flexibility index (Phi) is 3.59. The first-order valence-electron chi connectivity index (χ1n) is 5.02. The Morgan fingerprint density at radius 1 is 1.41 bits per heavy atom. The minimum atomic E-state index is -0.799. The van der Waals surface area contributed by atoms with Crippen LogP contribution in [0, 0.1) is 0 Å².